The highest BCUT2D eigenvalue weighted by molar-refractivity contribution is 7.18. The lowest BCUT2D eigenvalue weighted by molar-refractivity contribution is 0.305. The average Bonchev–Trinajstić information content (AvgIpc) is 2.74. The molecule has 0 atom stereocenters. The monoisotopic (exact) mass is 305 g/mol. The first kappa shape index (κ1) is 14.7. The van der Waals surface area contributed by atoms with Gasteiger partial charge in [0, 0.05) is 10.9 Å². The van der Waals surface area contributed by atoms with Crippen LogP contribution in [0, 0.1) is 19.8 Å². The summed E-state index contributed by atoms with van der Waals surface area (Å²) < 4.78 is 0. The maximum Gasteiger partial charge on any atom is 0.259 e. The number of aromatic nitrogens is 2. The van der Waals surface area contributed by atoms with Gasteiger partial charge in [-0.3, -0.25) is 4.79 Å². The van der Waals surface area contributed by atoms with E-state index >= 15 is 0 Å². The van der Waals surface area contributed by atoms with Gasteiger partial charge in [-0.15, -0.1) is 11.3 Å². The van der Waals surface area contributed by atoms with Crippen LogP contribution in [0.3, 0.4) is 0 Å². The number of hydrogen-bond acceptors (Lipinski definition) is 4. The largest absolute Gasteiger partial charge is 0.309 e. The van der Waals surface area contributed by atoms with E-state index in [1.54, 1.807) is 11.3 Å². The predicted octanol–water partition coefficient (Wildman–Crippen LogP) is 3.27. The van der Waals surface area contributed by atoms with Gasteiger partial charge in [0.1, 0.15) is 10.7 Å². The van der Waals surface area contributed by atoms with Crippen LogP contribution >= 0.6 is 11.3 Å². The Morgan fingerprint density at radius 2 is 2.00 bits per heavy atom. The van der Waals surface area contributed by atoms with E-state index in [2.05, 4.69) is 22.2 Å². The van der Waals surface area contributed by atoms with Crippen molar-refractivity contribution in [1.29, 1.82) is 0 Å². The molecule has 2 aromatic rings. The lowest BCUT2D eigenvalue weighted by atomic mass is 9.87. The number of thiophene rings is 1. The molecular weight excluding hydrogens is 282 g/mol. The summed E-state index contributed by atoms with van der Waals surface area (Å²) in [4.78, 5) is 21.8. The van der Waals surface area contributed by atoms with Gasteiger partial charge in [0.2, 0.25) is 0 Å². The minimum atomic E-state index is -0.00378. The Kier molecular flexibility index (Phi) is 4.13. The number of aromatic amines is 1. The highest BCUT2D eigenvalue weighted by Gasteiger charge is 2.18. The molecule has 0 bridgehead atoms. The fraction of sp³-hybridized carbons (Fsp3) is 0.625. The molecule has 5 heteroatoms. The molecule has 4 nitrogen and oxygen atoms in total. The van der Waals surface area contributed by atoms with E-state index in [0.717, 1.165) is 27.5 Å². The lowest BCUT2D eigenvalue weighted by Gasteiger charge is -2.26. The quantitative estimate of drug-likeness (QED) is 0.915. The molecule has 0 amide bonds. The van der Waals surface area contributed by atoms with Crippen molar-refractivity contribution in [2.75, 3.05) is 0 Å². The standard InChI is InChI=1S/C16H23N3OS/c1-9-4-6-12(7-5-9)17-8-13-18-15(20)14-10(2)11(3)21-16(14)19-13/h9,12,17H,4-8H2,1-3H3,(H,18,19,20). The summed E-state index contributed by atoms with van der Waals surface area (Å²) >= 11 is 1.61. The fourth-order valence-electron chi connectivity index (χ4n) is 3.09. The maximum absolute atomic E-state index is 12.2. The van der Waals surface area contributed by atoms with Gasteiger partial charge < -0.3 is 10.3 Å². The molecule has 1 saturated carbocycles. The minimum absolute atomic E-state index is 0.00378. The highest BCUT2D eigenvalue weighted by atomic mass is 32.1. The van der Waals surface area contributed by atoms with Crippen molar-refractivity contribution in [2.24, 2.45) is 5.92 Å². The summed E-state index contributed by atoms with van der Waals surface area (Å²) in [6.07, 6.45) is 5.05. The van der Waals surface area contributed by atoms with E-state index in [9.17, 15) is 4.79 Å². The molecule has 0 unspecified atom stereocenters. The number of nitrogens with zero attached hydrogens (tertiary/aromatic N) is 1. The fourth-order valence-corrected chi connectivity index (χ4v) is 4.14. The average molecular weight is 305 g/mol. The molecule has 0 aliphatic heterocycles. The van der Waals surface area contributed by atoms with Crippen molar-refractivity contribution in [2.45, 2.75) is 59.0 Å². The first-order valence-corrected chi connectivity index (χ1v) is 8.58. The van der Waals surface area contributed by atoms with Gasteiger partial charge in [0.15, 0.2) is 0 Å². The number of nitrogens with one attached hydrogen (secondary N) is 2. The molecule has 2 N–H and O–H groups in total. The minimum Gasteiger partial charge on any atom is -0.309 e. The molecule has 21 heavy (non-hydrogen) atoms. The number of hydrogen-bond donors (Lipinski definition) is 2. The van der Waals surface area contributed by atoms with Crippen LogP contribution < -0.4 is 10.9 Å². The van der Waals surface area contributed by atoms with Gasteiger partial charge in [-0.05, 0) is 51.0 Å². The molecule has 1 fully saturated rings. The smallest absolute Gasteiger partial charge is 0.259 e. The maximum atomic E-state index is 12.2. The predicted molar refractivity (Wildman–Crippen MR) is 88.0 cm³/mol. The number of rotatable bonds is 3. The highest BCUT2D eigenvalue weighted by Crippen LogP contribution is 2.26. The zero-order chi connectivity index (χ0) is 15.0. The van der Waals surface area contributed by atoms with Crippen LogP contribution in [0.25, 0.3) is 10.2 Å². The van der Waals surface area contributed by atoms with Crippen LogP contribution in [-0.2, 0) is 6.54 Å². The number of aryl methyl sites for hydroxylation is 2. The van der Waals surface area contributed by atoms with E-state index < -0.39 is 0 Å². The molecule has 1 aliphatic rings. The topological polar surface area (TPSA) is 57.8 Å². The Morgan fingerprint density at radius 1 is 1.29 bits per heavy atom. The van der Waals surface area contributed by atoms with Crippen LogP contribution in [0.5, 0.6) is 0 Å². The van der Waals surface area contributed by atoms with E-state index in [1.807, 2.05) is 13.8 Å². The molecule has 0 saturated heterocycles. The molecule has 1 aliphatic carbocycles. The zero-order valence-electron chi connectivity index (χ0n) is 13.0. The molecule has 114 valence electrons. The third-order valence-electron chi connectivity index (χ3n) is 4.66. The van der Waals surface area contributed by atoms with Gasteiger partial charge in [0.05, 0.1) is 11.9 Å². The Balaban J connectivity index is 1.74. The molecule has 2 heterocycles. The summed E-state index contributed by atoms with van der Waals surface area (Å²) in [6, 6.07) is 0.564. The summed E-state index contributed by atoms with van der Waals surface area (Å²) in [6.45, 7) is 7.01. The first-order valence-electron chi connectivity index (χ1n) is 7.77. The van der Waals surface area contributed by atoms with Gasteiger partial charge in [0.25, 0.3) is 5.56 Å². The van der Waals surface area contributed by atoms with E-state index in [0.29, 0.717) is 12.6 Å². The zero-order valence-corrected chi connectivity index (χ0v) is 13.8. The van der Waals surface area contributed by atoms with Gasteiger partial charge in [-0.1, -0.05) is 6.92 Å². The van der Waals surface area contributed by atoms with Gasteiger partial charge in [-0.25, -0.2) is 4.98 Å². The Bertz CT molecular complexity index is 695. The van der Waals surface area contributed by atoms with Gasteiger partial charge >= 0.3 is 0 Å². The van der Waals surface area contributed by atoms with Crippen molar-refractivity contribution < 1.29 is 0 Å². The Morgan fingerprint density at radius 3 is 2.71 bits per heavy atom. The molecule has 0 radical (unpaired) electrons. The first-order chi connectivity index (χ1) is 10.0. The lowest BCUT2D eigenvalue weighted by Crippen LogP contribution is -2.33. The summed E-state index contributed by atoms with van der Waals surface area (Å²) in [5, 5.41) is 4.30. The SMILES string of the molecule is Cc1sc2nc(CNC3CCC(C)CC3)[nH]c(=O)c2c1C. The molecule has 0 aromatic carbocycles. The number of H-pyrrole nitrogens is 1. The Labute approximate surface area is 129 Å². The van der Waals surface area contributed by atoms with E-state index in [4.69, 9.17) is 0 Å². The summed E-state index contributed by atoms with van der Waals surface area (Å²) in [7, 11) is 0. The third-order valence-corrected chi connectivity index (χ3v) is 5.76. The molecule has 3 rings (SSSR count). The van der Waals surface area contributed by atoms with Crippen LogP contribution in [-0.4, -0.2) is 16.0 Å². The number of fused-ring (bicyclic) bond motifs is 1. The van der Waals surface area contributed by atoms with Crippen LogP contribution in [0.2, 0.25) is 0 Å². The van der Waals surface area contributed by atoms with Gasteiger partial charge in [-0.2, -0.15) is 0 Å². The van der Waals surface area contributed by atoms with Crippen LogP contribution in [0.1, 0.15) is 48.9 Å². The van der Waals surface area contributed by atoms with Crippen molar-refractivity contribution >= 4 is 21.6 Å². The van der Waals surface area contributed by atoms with E-state index in [-0.39, 0.29) is 5.56 Å². The molecule has 0 spiro atoms. The third kappa shape index (κ3) is 3.04. The second kappa shape index (κ2) is 5.89. The van der Waals surface area contributed by atoms with Crippen LogP contribution in [0.15, 0.2) is 4.79 Å². The summed E-state index contributed by atoms with van der Waals surface area (Å²) in [5.74, 6) is 1.61. The van der Waals surface area contributed by atoms with E-state index in [1.165, 1.54) is 30.6 Å². The normalized spacial score (nSPS) is 22.8. The molecule has 2 aromatic heterocycles. The summed E-state index contributed by atoms with van der Waals surface area (Å²) in [5.41, 5.74) is 1.06. The molecular formula is C16H23N3OS. The van der Waals surface area contributed by atoms with Crippen LogP contribution in [0.4, 0.5) is 0 Å². The second-order valence-electron chi connectivity index (χ2n) is 6.31. The van der Waals surface area contributed by atoms with Crippen molar-refractivity contribution in [3.63, 3.8) is 0 Å². The van der Waals surface area contributed by atoms with Crippen molar-refractivity contribution in [1.82, 2.24) is 15.3 Å². The van der Waals surface area contributed by atoms with Crippen molar-refractivity contribution in [3.8, 4) is 0 Å². The Hall–Kier alpha value is -1.20. The van der Waals surface area contributed by atoms with Crippen molar-refractivity contribution in [3.05, 3.63) is 26.6 Å². The second-order valence-corrected chi connectivity index (χ2v) is 7.52.